The van der Waals surface area contributed by atoms with Crippen molar-refractivity contribution in [1.29, 1.82) is 0 Å². The monoisotopic (exact) mass is 288 g/mol. The van der Waals surface area contributed by atoms with Gasteiger partial charge in [-0.05, 0) is 25.5 Å². The van der Waals surface area contributed by atoms with Gasteiger partial charge in [0.1, 0.15) is 11.6 Å². The third-order valence-corrected chi connectivity index (χ3v) is 2.93. The zero-order chi connectivity index (χ0) is 15.4. The summed E-state index contributed by atoms with van der Waals surface area (Å²) in [6, 6.07) is 5.02. The Morgan fingerprint density at radius 2 is 2.29 bits per heavy atom. The average molecular weight is 288 g/mol. The number of nitrogens with one attached hydrogen (secondary N) is 1. The number of benzene rings is 1. The summed E-state index contributed by atoms with van der Waals surface area (Å²) in [5.41, 5.74) is 1.74. The predicted octanol–water partition coefficient (Wildman–Crippen LogP) is 2.67. The van der Waals surface area contributed by atoms with Gasteiger partial charge in [-0.3, -0.25) is 4.79 Å². The van der Waals surface area contributed by atoms with E-state index in [4.69, 9.17) is 9.47 Å². The van der Waals surface area contributed by atoms with Crippen molar-refractivity contribution in [2.75, 3.05) is 0 Å². The Kier molecular flexibility index (Phi) is 4.37. The molecule has 0 aliphatic carbocycles. The fourth-order valence-corrected chi connectivity index (χ4v) is 1.85. The molecule has 1 aromatic heterocycles. The zero-order valence-electron chi connectivity index (χ0n) is 11.9. The maximum absolute atomic E-state index is 11.6. The van der Waals surface area contributed by atoms with Crippen molar-refractivity contribution in [3.63, 3.8) is 0 Å². The van der Waals surface area contributed by atoms with Crippen molar-refractivity contribution in [1.82, 2.24) is 9.97 Å². The number of fused-ring (bicyclic) bond motifs is 1. The molecule has 6 nitrogen and oxygen atoms in total. The number of hydrogen-bond acceptors (Lipinski definition) is 5. The van der Waals surface area contributed by atoms with E-state index in [1.165, 1.54) is 0 Å². The molecule has 0 aliphatic heterocycles. The van der Waals surface area contributed by atoms with E-state index in [0.717, 1.165) is 0 Å². The summed E-state index contributed by atoms with van der Waals surface area (Å²) in [5.74, 6) is 0.511. The first-order valence-corrected chi connectivity index (χ1v) is 6.51. The van der Waals surface area contributed by atoms with Gasteiger partial charge >= 0.3 is 5.97 Å². The normalized spacial score (nSPS) is 11.9. The molecule has 6 heteroatoms. The quantitative estimate of drug-likeness (QED) is 0.502. The Hall–Kier alpha value is -2.63. The molecule has 0 bridgehead atoms. The Bertz CT molecular complexity index is 690. The molecule has 1 heterocycles. The molecule has 2 rings (SSSR count). The molecule has 0 fully saturated rings. The Balaban J connectivity index is 2.29. The van der Waals surface area contributed by atoms with Crippen molar-refractivity contribution in [2.24, 2.45) is 0 Å². The first kappa shape index (κ1) is 14.8. The van der Waals surface area contributed by atoms with E-state index in [0.29, 0.717) is 41.1 Å². The summed E-state index contributed by atoms with van der Waals surface area (Å²) in [5, 5.41) is 0. The van der Waals surface area contributed by atoms with Crippen molar-refractivity contribution in [3.8, 4) is 5.75 Å². The lowest BCUT2D eigenvalue weighted by Crippen LogP contribution is -2.12. The zero-order valence-corrected chi connectivity index (χ0v) is 11.9. The first-order valence-electron chi connectivity index (χ1n) is 6.51. The lowest BCUT2D eigenvalue weighted by atomic mass is 10.2. The van der Waals surface area contributed by atoms with Crippen LogP contribution in [0.2, 0.25) is 0 Å². The van der Waals surface area contributed by atoms with Crippen LogP contribution in [0.5, 0.6) is 5.75 Å². The first-order chi connectivity index (χ1) is 10.0. The number of carbonyl (C=O) groups excluding carboxylic acids is 2. The molecule has 110 valence electrons. The number of imidazole rings is 1. The third kappa shape index (κ3) is 3.28. The van der Waals surface area contributed by atoms with Gasteiger partial charge in [-0.15, -0.1) is 0 Å². The molecule has 1 N–H and O–H groups in total. The summed E-state index contributed by atoms with van der Waals surface area (Å²) < 4.78 is 10.1. The molecule has 1 aromatic carbocycles. The van der Waals surface area contributed by atoms with Crippen LogP contribution >= 0.6 is 0 Å². The maximum Gasteiger partial charge on any atom is 0.333 e. The van der Waals surface area contributed by atoms with Crippen molar-refractivity contribution in [2.45, 2.75) is 26.4 Å². The molecule has 0 saturated heterocycles. The Morgan fingerprint density at radius 3 is 2.90 bits per heavy atom. The van der Waals surface area contributed by atoms with Crippen molar-refractivity contribution >= 4 is 23.5 Å². The van der Waals surface area contributed by atoms with Gasteiger partial charge in [0.05, 0.1) is 11.0 Å². The third-order valence-electron chi connectivity index (χ3n) is 2.93. The van der Waals surface area contributed by atoms with Gasteiger partial charge in [0.15, 0.2) is 6.10 Å². The van der Waals surface area contributed by atoms with E-state index in [9.17, 15) is 9.59 Å². The minimum atomic E-state index is -0.475. The number of hydrogen-bond donors (Lipinski definition) is 1. The van der Waals surface area contributed by atoms with Crippen LogP contribution in [0.25, 0.3) is 11.0 Å². The van der Waals surface area contributed by atoms with Crippen LogP contribution in [0.1, 0.15) is 32.2 Å². The highest BCUT2D eigenvalue weighted by Gasteiger charge is 2.19. The lowest BCUT2D eigenvalue weighted by Gasteiger charge is -2.13. The van der Waals surface area contributed by atoms with Crippen LogP contribution in [0.4, 0.5) is 0 Å². The summed E-state index contributed by atoms with van der Waals surface area (Å²) in [7, 11) is 0. The summed E-state index contributed by atoms with van der Waals surface area (Å²) >= 11 is 0. The molecule has 1 unspecified atom stereocenters. The number of aromatic amines is 1. The standard InChI is InChI=1S/C15H16N2O4/c1-4-13(21-15(19)9(2)3)14-16-11-6-5-10(20-8-18)7-12(11)17-14/h5-8,13H,2,4H2,1,3H3,(H,16,17). The number of aromatic nitrogens is 2. The maximum atomic E-state index is 11.6. The average Bonchev–Trinajstić information content (AvgIpc) is 2.87. The fraction of sp³-hybridized carbons (Fsp3) is 0.267. The number of nitrogens with zero attached hydrogens (tertiary/aromatic N) is 1. The predicted molar refractivity (Wildman–Crippen MR) is 76.7 cm³/mol. The Labute approximate surface area is 121 Å². The molecule has 0 radical (unpaired) electrons. The second kappa shape index (κ2) is 6.21. The van der Waals surface area contributed by atoms with Gasteiger partial charge < -0.3 is 14.5 Å². The Morgan fingerprint density at radius 1 is 1.52 bits per heavy atom. The number of rotatable bonds is 6. The fourth-order valence-electron chi connectivity index (χ4n) is 1.85. The van der Waals surface area contributed by atoms with Gasteiger partial charge in [-0.2, -0.15) is 0 Å². The molecular weight excluding hydrogens is 272 g/mol. The summed E-state index contributed by atoms with van der Waals surface area (Å²) in [6.45, 7) is 7.41. The largest absolute Gasteiger partial charge is 0.451 e. The van der Waals surface area contributed by atoms with E-state index in [1.54, 1.807) is 25.1 Å². The van der Waals surface area contributed by atoms with Crippen LogP contribution < -0.4 is 4.74 Å². The van der Waals surface area contributed by atoms with Crippen molar-refractivity contribution < 1.29 is 19.1 Å². The minimum absolute atomic E-state index is 0.339. The highest BCUT2D eigenvalue weighted by atomic mass is 16.5. The van der Waals surface area contributed by atoms with Crippen molar-refractivity contribution in [3.05, 3.63) is 36.2 Å². The molecule has 0 saturated carbocycles. The number of carbonyl (C=O) groups is 2. The van der Waals surface area contributed by atoms with Crippen LogP contribution in [0, 0.1) is 0 Å². The van der Waals surface area contributed by atoms with E-state index in [2.05, 4.69) is 16.5 Å². The smallest absolute Gasteiger partial charge is 0.333 e. The molecule has 0 spiro atoms. The van der Waals surface area contributed by atoms with Gasteiger partial charge in [0.2, 0.25) is 0 Å². The summed E-state index contributed by atoms with van der Waals surface area (Å²) in [6.07, 6.45) is 0.105. The number of esters is 1. The number of ether oxygens (including phenoxy) is 2. The number of H-pyrrole nitrogens is 1. The van der Waals surface area contributed by atoms with Gasteiger partial charge in [0.25, 0.3) is 6.47 Å². The highest BCUT2D eigenvalue weighted by Crippen LogP contribution is 2.24. The topological polar surface area (TPSA) is 81.3 Å². The molecule has 2 aromatic rings. The van der Waals surface area contributed by atoms with Gasteiger partial charge in [-0.1, -0.05) is 13.5 Å². The highest BCUT2D eigenvalue weighted by molar-refractivity contribution is 5.87. The SMILES string of the molecule is C=C(C)C(=O)OC(CC)c1nc2ccc(OC=O)cc2[nH]1. The van der Waals surface area contributed by atoms with E-state index >= 15 is 0 Å². The van der Waals surface area contributed by atoms with Crippen LogP contribution in [0.15, 0.2) is 30.4 Å². The van der Waals surface area contributed by atoms with Crippen LogP contribution in [0.3, 0.4) is 0 Å². The lowest BCUT2D eigenvalue weighted by molar-refractivity contribution is -0.145. The molecule has 1 atom stereocenters. The minimum Gasteiger partial charge on any atom is -0.451 e. The van der Waals surface area contributed by atoms with Gasteiger partial charge in [0, 0.05) is 11.6 Å². The molecule has 0 amide bonds. The van der Waals surface area contributed by atoms with E-state index in [1.807, 2.05) is 6.92 Å². The molecule has 21 heavy (non-hydrogen) atoms. The van der Waals surface area contributed by atoms with Gasteiger partial charge in [-0.25, -0.2) is 9.78 Å². The van der Waals surface area contributed by atoms with Crippen LogP contribution in [-0.2, 0) is 14.3 Å². The van der Waals surface area contributed by atoms with E-state index in [-0.39, 0.29) is 0 Å². The van der Waals surface area contributed by atoms with Crippen LogP contribution in [-0.4, -0.2) is 22.4 Å². The second-order valence-corrected chi connectivity index (χ2v) is 4.60. The summed E-state index contributed by atoms with van der Waals surface area (Å²) in [4.78, 5) is 29.4. The second-order valence-electron chi connectivity index (χ2n) is 4.60. The molecule has 0 aliphatic rings. The van der Waals surface area contributed by atoms with E-state index < -0.39 is 12.1 Å². The molecular formula is C15H16N2O4.